The maximum atomic E-state index is 13.9. The number of methoxy groups -OCH3 is 1. The zero-order valence-electron chi connectivity index (χ0n) is 9.06. The molecule has 96 valence electrons. The Morgan fingerprint density at radius 1 is 1.39 bits per heavy atom. The second-order valence-corrected chi connectivity index (χ2v) is 5.84. The Kier molecular flexibility index (Phi) is 3.45. The maximum absolute atomic E-state index is 13.9. The average molecular weight is 311 g/mol. The molecule has 1 aromatic heterocycles. The van der Waals surface area contributed by atoms with E-state index in [-0.39, 0.29) is 10.9 Å². The fourth-order valence-electron chi connectivity index (χ4n) is 1.64. The van der Waals surface area contributed by atoms with E-state index in [0.717, 1.165) is 6.07 Å². The van der Waals surface area contributed by atoms with Gasteiger partial charge < -0.3 is 9.72 Å². The van der Waals surface area contributed by atoms with Gasteiger partial charge in [0, 0.05) is 23.7 Å². The Morgan fingerprint density at radius 2 is 2.06 bits per heavy atom. The third-order valence-electron chi connectivity index (χ3n) is 2.44. The molecule has 0 saturated heterocycles. The van der Waals surface area contributed by atoms with Crippen LogP contribution in [0.5, 0.6) is 5.75 Å². The largest absolute Gasteiger partial charge is 0.497 e. The van der Waals surface area contributed by atoms with E-state index in [0.29, 0.717) is 11.3 Å². The number of carbonyl (C=O) groups is 1. The van der Waals surface area contributed by atoms with Gasteiger partial charge in [-0.15, -0.1) is 0 Å². The number of fused-ring (bicyclic) bond motifs is 1. The molecule has 2 rings (SSSR count). The molecule has 0 aliphatic carbocycles. The summed E-state index contributed by atoms with van der Waals surface area (Å²) >= 11 is 16.5. The monoisotopic (exact) mass is 309 g/mol. The summed E-state index contributed by atoms with van der Waals surface area (Å²) in [5.74, 6) is -1.08. The molecule has 0 bridgehead atoms. The Balaban J connectivity index is 2.65. The molecule has 18 heavy (non-hydrogen) atoms. The van der Waals surface area contributed by atoms with Gasteiger partial charge in [-0.1, -0.05) is 34.8 Å². The van der Waals surface area contributed by atoms with Gasteiger partial charge in [0.1, 0.15) is 11.6 Å². The van der Waals surface area contributed by atoms with Crippen LogP contribution in [-0.2, 0) is 0 Å². The predicted molar refractivity (Wildman–Crippen MR) is 69.4 cm³/mol. The summed E-state index contributed by atoms with van der Waals surface area (Å²) in [5, 5.41) is 0.0760. The third kappa shape index (κ3) is 2.28. The van der Waals surface area contributed by atoms with Crippen molar-refractivity contribution in [1.29, 1.82) is 0 Å². The second-order valence-electron chi connectivity index (χ2n) is 3.56. The van der Waals surface area contributed by atoms with Crippen LogP contribution in [-0.4, -0.2) is 21.7 Å². The first-order chi connectivity index (χ1) is 8.34. The van der Waals surface area contributed by atoms with Crippen molar-refractivity contribution in [2.75, 3.05) is 7.11 Å². The SMILES string of the molecule is COc1cc(F)c2c(C(=O)C(Cl)(Cl)Cl)c[nH]c2c1. The number of Topliss-reactive ketones (excluding diaryl/α,β-unsaturated/α-hetero) is 1. The van der Waals surface area contributed by atoms with E-state index in [1.165, 1.54) is 13.3 Å². The van der Waals surface area contributed by atoms with Gasteiger partial charge >= 0.3 is 0 Å². The van der Waals surface area contributed by atoms with Crippen LogP contribution in [0.25, 0.3) is 10.9 Å². The standard InChI is InChI=1S/C11H7Cl3FNO2/c1-18-5-2-7(15)9-6(4-16-8(9)3-5)10(17)11(12,13)14/h2-4,16H,1H3. The van der Waals surface area contributed by atoms with Crippen molar-refractivity contribution >= 4 is 51.5 Å². The van der Waals surface area contributed by atoms with Gasteiger partial charge in [-0.3, -0.25) is 4.79 Å². The molecule has 0 spiro atoms. The highest BCUT2D eigenvalue weighted by atomic mass is 35.6. The smallest absolute Gasteiger partial charge is 0.253 e. The fraction of sp³-hybridized carbons (Fsp3) is 0.182. The van der Waals surface area contributed by atoms with Crippen molar-refractivity contribution in [1.82, 2.24) is 4.98 Å². The fourth-order valence-corrected chi connectivity index (χ4v) is 1.95. The molecule has 3 nitrogen and oxygen atoms in total. The number of halogens is 4. The summed E-state index contributed by atoms with van der Waals surface area (Å²) in [6.45, 7) is 0. The van der Waals surface area contributed by atoms with Crippen molar-refractivity contribution in [2.24, 2.45) is 0 Å². The van der Waals surface area contributed by atoms with Gasteiger partial charge in [0.25, 0.3) is 3.79 Å². The molecule has 0 aliphatic rings. The molecule has 0 aliphatic heterocycles. The average Bonchev–Trinajstić information content (AvgIpc) is 2.70. The van der Waals surface area contributed by atoms with Crippen LogP contribution in [0.2, 0.25) is 0 Å². The van der Waals surface area contributed by atoms with Crippen molar-refractivity contribution in [2.45, 2.75) is 3.79 Å². The van der Waals surface area contributed by atoms with Gasteiger partial charge in [0.15, 0.2) is 0 Å². The molecule has 0 fully saturated rings. The summed E-state index contributed by atoms with van der Waals surface area (Å²) in [6, 6.07) is 2.71. The van der Waals surface area contributed by atoms with Gasteiger partial charge in [-0.2, -0.15) is 0 Å². The summed E-state index contributed by atoms with van der Waals surface area (Å²) in [7, 11) is 1.41. The molecular formula is C11H7Cl3FNO2. The van der Waals surface area contributed by atoms with Gasteiger partial charge in [-0.05, 0) is 0 Å². The number of hydrogen-bond acceptors (Lipinski definition) is 2. The zero-order chi connectivity index (χ0) is 13.5. The number of hydrogen-bond donors (Lipinski definition) is 1. The van der Waals surface area contributed by atoms with E-state index in [1.807, 2.05) is 0 Å². The molecule has 1 heterocycles. The number of H-pyrrole nitrogens is 1. The van der Waals surface area contributed by atoms with Crippen molar-refractivity contribution in [3.63, 3.8) is 0 Å². The minimum absolute atomic E-state index is 0.00912. The molecule has 0 saturated carbocycles. The van der Waals surface area contributed by atoms with Crippen LogP contribution in [0, 0.1) is 5.82 Å². The molecule has 0 amide bonds. The molecule has 0 unspecified atom stereocenters. The Hall–Kier alpha value is -0.970. The Bertz CT molecular complexity index is 619. The van der Waals surface area contributed by atoms with Gasteiger partial charge in [0.05, 0.1) is 18.2 Å². The number of aromatic amines is 1. The van der Waals surface area contributed by atoms with Gasteiger partial charge in [0.2, 0.25) is 5.78 Å². The maximum Gasteiger partial charge on any atom is 0.253 e. The summed E-state index contributed by atoms with van der Waals surface area (Å²) in [6.07, 6.45) is 1.30. The molecule has 7 heteroatoms. The lowest BCUT2D eigenvalue weighted by Gasteiger charge is -2.08. The van der Waals surface area contributed by atoms with Crippen LogP contribution in [0.1, 0.15) is 10.4 Å². The zero-order valence-corrected chi connectivity index (χ0v) is 11.3. The quantitative estimate of drug-likeness (QED) is 0.676. The number of carbonyl (C=O) groups excluding carboxylic acids is 1. The lowest BCUT2D eigenvalue weighted by molar-refractivity contribution is 0.0997. The predicted octanol–water partition coefficient (Wildman–Crippen LogP) is 3.87. The highest BCUT2D eigenvalue weighted by Crippen LogP contribution is 2.34. The third-order valence-corrected chi connectivity index (χ3v) is 2.96. The highest BCUT2D eigenvalue weighted by molar-refractivity contribution is 6.77. The van der Waals surface area contributed by atoms with Crippen LogP contribution in [0.3, 0.4) is 0 Å². The lowest BCUT2D eigenvalue weighted by Crippen LogP contribution is -2.18. The van der Waals surface area contributed by atoms with Crippen LogP contribution < -0.4 is 4.74 Å². The number of alkyl halides is 3. The van der Waals surface area contributed by atoms with E-state index in [4.69, 9.17) is 39.5 Å². The van der Waals surface area contributed by atoms with Crippen molar-refractivity contribution in [3.8, 4) is 5.75 Å². The normalized spacial score (nSPS) is 11.8. The number of nitrogens with one attached hydrogen (secondary N) is 1. The molecule has 1 N–H and O–H groups in total. The Labute approximate surface area is 117 Å². The number of ether oxygens (including phenoxy) is 1. The number of ketones is 1. The highest BCUT2D eigenvalue weighted by Gasteiger charge is 2.34. The summed E-state index contributed by atoms with van der Waals surface area (Å²) in [5.41, 5.74) is 0.384. The van der Waals surface area contributed by atoms with Crippen molar-refractivity contribution < 1.29 is 13.9 Å². The minimum Gasteiger partial charge on any atom is -0.497 e. The number of benzene rings is 1. The molecule has 0 atom stereocenters. The summed E-state index contributed by atoms with van der Waals surface area (Å²) in [4.78, 5) is 14.6. The number of rotatable bonds is 2. The first-order valence-electron chi connectivity index (χ1n) is 4.80. The summed E-state index contributed by atoms with van der Waals surface area (Å²) < 4.78 is 16.7. The van der Waals surface area contributed by atoms with E-state index in [1.54, 1.807) is 6.07 Å². The van der Waals surface area contributed by atoms with E-state index >= 15 is 0 Å². The van der Waals surface area contributed by atoms with Crippen LogP contribution in [0.4, 0.5) is 4.39 Å². The van der Waals surface area contributed by atoms with Crippen LogP contribution in [0.15, 0.2) is 18.3 Å². The second kappa shape index (κ2) is 4.61. The lowest BCUT2D eigenvalue weighted by atomic mass is 10.1. The molecule has 2 aromatic rings. The van der Waals surface area contributed by atoms with Crippen molar-refractivity contribution in [3.05, 3.63) is 29.7 Å². The first-order valence-corrected chi connectivity index (χ1v) is 5.94. The first kappa shape index (κ1) is 13.5. The molecule has 1 aromatic carbocycles. The van der Waals surface area contributed by atoms with E-state index < -0.39 is 15.4 Å². The topological polar surface area (TPSA) is 42.1 Å². The minimum atomic E-state index is -2.12. The Morgan fingerprint density at radius 3 is 2.61 bits per heavy atom. The van der Waals surface area contributed by atoms with E-state index in [2.05, 4.69) is 4.98 Å². The number of aromatic nitrogens is 1. The van der Waals surface area contributed by atoms with E-state index in [9.17, 15) is 9.18 Å². The van der Waals surface area contributed by atoms with Gasteiger partial charge in [-0.25, -0.2) is 4.39 Å². The molecule has 0 radical (unpaired) electrons. The van der Waals surface area contributed by atoms with Crippen LogP contribution >= 0.6 is 34.8 Å². The molecular weight excluding hydrogens is 303 g/mol.